The zero-order valence-corrected chi connectivity index (χ0v) is 8.61. The van der Waals surface area contributed by atoms with E-state index >= 15 is 0 Å². The maximum atomic E-state index is 11.1. The van der Waals surface area contributed by atoms with Gasteiger partial charge in [0.25, 0.3) is 0 Å². The van der Waals surface area contributed by atoms with Crippen molar-refractivity contribution in [2.45, 2.75) is 20.3 Å². The van der Waals surface area contributed by atoms with Gasteiger partial charge in [0, 0.05) is 0 Å². The molecule has 15 heavy (non-hydrogen) atoms. The molecule has 0 bridgehead atoms. The quantitative estimate of drug-likeness (QED) is 0.466. The molecule has 0 atom stereocenters. The van der Waals surface area contributed by atoms with Crippen molar-refractivity contribution in [1.82, 2.24) is 0 Å². The van der Waals surface area contributed by atoms with Crippen LogP contribution in [0.15, 0.2) is 18.2 Å². The van der Waals surface area contributed by atoms with Gasteiger partial charge in [-0.3, -0.25) is 9.59 Å². The Morgan fingerprint density at radius 2 is 1.80 bits per heavy atom. The lowest BCUT2D eigenvalue weighted by Crippen LogP contribution is -2.14. The highest BCUT2D eigenvalue weighted by molar-refractivity contribution is 5.91. The molecule has 0 heterocycles. The summed E-state index contributed by atoms with van der Waals surface area (Å²) < 4.78 is 4.97. The molecule has 0 aliphatic rings. The number of para-hydroxylation sites is 1. The summed E-state index contributed by atoms with van der Waals surface area (Å²) in [4.78, 5) is 21.4. The molecule has 0 amide bonds. The molecule has 0 aromatic heterocycles. The second kappa shape index (κ2) is 4.59. The fraction of sp³-hybridized carbons (Fsp3) is 0.273. The summed E-state index contributed by atoms with van der Waals surface area (Å²) in [5.74, 6) is -1.49. The van der Waals surface area contributed by atoms with E-state index in [4.69, 9.17) is 9.84 Å². The maximum absolute atomic E-state index is 11.1. The van der Waals surface area contributed by atoms with Gasteiger partial charge in [-0.05, 0) is 25.0 Å². The van der Waals surface area contributed by atoms with Crippen LogP contribution in [0, 0.1) is 13.8 Å². The molecule has 4 nitrogen and oxygen atoms in total. The minimum atomic E-state index is -1.19. The number of carbonyl (C=O) groups excluding carboxylic acids is 1. The van der Waals surface area contributed by atoms with Gasteiger partial charge in [-0.2, -0.15) is 0 Å². The average molecular weight is 208 g/mol. The SMILES string of the molecule is Cc1cccc(C)c1OC(=O)CC(=O)O. The van der Waals surface area contributed by atoms with E-state index in [2.05, 4.69) is 0 Å². The van der Waals surface area contributed by atoms with Gasteiger partial charge in [-0.1, -0.05) is 18.2 Å². The molecular formula is C11H12O4. The summed E-state index contributed by atoms with van der Waals surface area (Å²) >= 11 is 0. The molecule has 1 N–H and O–H groups in total. The molecule has 0 spiro atoms. The highest BCUT2D eigenvalue weighted by atomic mass is 16.5. The van der Waals surface area contributed by atoms with Crippen molar-refractivity contribution >= 4 is 11.9 Å². The van der Waals surface area contributed by atoms with Crippen molar-refractivity contribution < 1.29 is 19.4 Å². The first kappa shape index (κ1) is 11.2. The molecule has 0 aliphatic carbocycles. The normalized spacial score (nSPS) is 9.73. The van der Waals surface area contributed by atoms with Crippen LogP contribution in [0.1, 0.15) is 17.5 Å². The predicted molar refractivity (Wildman–Crippen MR) is 53.8 cm³/mol. The van der Waals surface area contributed by atoms with Crippen LogP contribution in [-0.2, 0) is 9.59 Å². The third-order valence-corrected chi connectivity index (χ3v) is 1.92. The van der Waals surface area contributed by atoms with Gasteiger partial charge in [-0.25, -0.2) is 0 Å². The molecule has 0 saturated carbocycles. The first-order valence-corrected chi connectivity index (χ1v) is 4.49. The lowest BCUT2D eigenvalue weighted by Gasteiger charge is -2.08. The molecule has 0 fully saturated rings. The Bertz CT molecular complexity index is 375. The van der Waals surface area contributed by atoms with Crippen LogP contribution in [0.2, 0.25) is 0 Å². The van der Waals surface area contributed by atoms with Crippen LogP contribution in [0.4, 0.5) is 0 Å². The smallest absolute Gasteiger partial charge is 0.322 e. The molecular weight excluding hydrogens is 196 g/mol. The Morgan fingerprint density at radius 3 is 2.27 bits per heavy atom. The minimum absolute atomic E-state index is 0.448. The van der Waals surface area contributed by atoms with Crippen LogP contribution in [-0.4, -0.2) is 17.0 Å². The standard InChI is InChI=1S/C11H12O4/c1-7-4-3-5-8(2)11(7)15-10(14)6-9(12)13/h3-5H,6H2,1-2H3,(H,12,13). The van der Waals surface area contributed by atoms with Crippen molar-refractivity contribution in [3.63, 3.8) is 0 Å². The van der Waals surface area contributed by atoms with Gasteiger partial charge in [0.1, 0.15) is 12.2 Å². The first-order chi connectivity index (χ1) is 7.00. The number of esters is 1. The largest absolute Gasteiger partial charge is 0.481 e. The van der Waals surface area contributed by atoms with Gasteiger partial charge in [-0.15, -0.1) is 0 Å². The molecule has 0 aliphatic heterocycles. The molecule has 1 rings (SSSR count). The van der Waals surface area contributed by atoms with E-state index < -0.39 is 18.4 Å². The summed E-state index contributed by atoms with van der Waals surface area (Å²) in [7, 11) is 0. The van der Waals surface area contributed by atoms with Crippen LogP contribution in [0.25, 0.3) is 0 Å². The Morgan fingerprint density at radius 1 is 1.27 bits per heavy atom. The van der Waals surface area contributed by atoms with Crippen LogP contribution in [0.5, 0.6) is 5.75 Å². The number of aliphatic carboxylic acids is 1. The van der Waals surface area contributed by atoms with E-state index in [1.807, 2.05) is 6.07 Å². The van der Waals surface area contributed by atoms with Crippen LogP contribution >= 0.6 is 0 Å². The van der Waals surface area contributed by atoms with Gasteiger partial charge in [0.15, 0.2) is 0 Å². The molecule has 0 saturated heterocycles. The number of aryl methyl sites for hydroxylation is 2. The van der Waals surface area contributed by atoms with E-state index in [0.29, 0.717) is 5.75 Å². The number of rotatable bonds is 3. The Balaban J connectivity index is 2.80. The summed E-state index contributed by atoms with van der Waals surface area (Å²) in [6, 6.07) is 5.45. The third-order valence-electron chi connectivity index (χ3n) is 1.92. The number of hydrogen-bond acceptors (Lipinski definition) is 3. The average Bonchev–Trinajstić information content (AvgIpc) is 2.10. The Hall–Kier alpha value is -1.84. The monoisotopic (exact) mass is 208 g/mol. The number of carboxylic acid groups (broad SMARTS) is 1. The van der Waals surface area contributed by atoms with Gasteiger partial charge in [0.2, 0.25) is 0 Å². The van der Waals surface area contributed by atoms with E-state index in [1.165, 1.54) is 0 Å². The van der Waals surface area contributed by atoms with Crippen molar-refractivity contribution in [3.05, 3.63) is 29.3 Å². The minimum Gasteiger partial charge on any atom is -0.481 e. The summed E-state index contributed by atoms with van der Waals surface area (Å²) in [5.41, 5.74) is 1.63. The molecule has 1 aromatic rings. The number of carbonyl (C=O) groups is 2. The number of ether oxygens (including phenoxy) is 1. The van der Waals surface area contributed by atoms with Crippen molar-refractivity contribution in [1.29, 1.82) is 0 Å². The summed E-state index contributed by atoms with van der Waals surface area (Å²) in [6.45, 7) is 3.60. The Kier molecular flexibility index (Phi) is 3.44. The van der Waals surface area contributed by atoms with Gasteiger partial charge < -0.3 is 9.84 Å². The molecule has 0 unspecified atom stereocenters. The maximum Gasteiger partial charge on any atom is 0.322 e. The fourth-order valence-corrected chi connectivity index (χ4v) is 1.23. The van der Waals surface area contributed by atoms with Crippen molar-refractivity contribution in [2.75, 3.05) is 0 Å². The second-order valence-electron chi connectivity index (χ2n) is 3.27. The lowest BCUT2D eigenvalue weighted by molar-refractivity contribution is -0.145. The summed E-state index contributed by atoms with van der Waals surface area (Å²) in [6.07, 6.45) is -0.617. The molecule has 4 heteroatoms. The first-order valence-electron chi connectivity index (χ1n) is 4.49. The van der Waals surface area contributed by atoms with E-state index in [1.54, 1.807) is 26.0 Å². The topological polar surface area (TPSA) is 63.6 Å². The van der Waals surface area contributed by atoms with E-state index in [9.17, 15) is 9.59 Å². The highest BCUT2D eigenvalue weighted by Gasteiger charge is 2.12. The fourth-order valence-electron chi connectivity index (χ4n) is 1.23. The predicted octanol–water partition coefficient (Wildman–Crippen LogP) is 1.68. The Labute approximate surface area is 87.5 Å². The lowest BCUT2D eigenvalue weighted by atomic mass is 10.1. The van der Waals surface area contributed by atoms with Crippen LogP contribution < -0.4 is 4.74 Å². The molecule has 80 valence electrons. The third kappa shape index (κ3) is 3.09. The number of hydrogen-bond donors (Lipinski definition) is 1. The molecule has 0 radical (unpaired) electrons. The van der Waals surface area contributed by atoms with Gasteiger partial charge in [0.05, 0.1) is 0 Å². The van der Waals surface area contributed by atoms with Crippen LogP contribution in [0.3, 0.4) is 0 Å². The summed E-state index contributed by atoms with van der Waals surface area (Å²) in [5, 5.41) is 8.40. The zero-order valence-electron chi connectivity index (χ0n) is 8.61. The van der Waals surface area contributed by atoms with Crippen molar-refractivity contribution in [2.24, 2.45) is 0 Å². The van der Waals surface area contributed by atoms with Gasteiger partial charge >= 0.3 is 11.9 Å². The second-order valence-corrected chi connectivity index (χ2v) is 3.27. The number of benzene rings is 1. The van der Waals surface area contributed by atoms with Crippen molar-refractivity contribution in [3.8, 4) is 5.75 Å². The van der Waals surface area contributed by atoms with E-state index in [-0.39, 0.29) is 0 Å². The number of carboxylic acids is 1. The van der Waals surface area contributed by atoms with E-state index in [0.717, 1.165) is 11.1 Å². The highest BCUT2D eigenvalue weighted by Crippen LogP contribution is 2.22. The zero-order chi connectivity index (χ0) is 11.4. The molecule has 1 aromatic carbocycles.